The first kappa shape index (κ1) is 7.41. The van der Waals surface area contributed by atoms with Crippen LogP contribution in [0.1, 0.15) is 12.6 Å². The van der Waals surface area contributed by atoms with Gasteiger partial charge >= 0.3 is 0 Å². The van der Waals surface area contributed by atoms with Crippen LogP contribution in [0.25, 0.3) is 10.9 Å². The summed E-state index contributed by atoms with van der Waals surface area (Å²) in [5.74, 6) is 0. The standard InChI is InChI=1S/C11H12N/c1-3-12-9(2)8-10-6-4-5-7-11(10)12/h4-5,7-8H,3H2,1-2H3. The molecule has 0 aliphatic carbocycles. The van der Waals surface area contributed by atoms with Gasteiger partial charge in [0.15, 0.2) is 0 Å². The summed E-state index contributed by atoms with van der Waals surface area (Å²) >= 11 is 0. The van der Waals surface area contributed by atoms with E-state index in [-0.39, 0.29) is 0 Å². The van der Waals surface area contributed by atoms with Gasteiger partial charge in [-0.3, -0.25) is 0 Å². The number of hydrogen-bond acceptors (Lipinski definition) is 0. The molecule has 0 amide bonds. The van der Waals surface area contributed by atoms with Crippen LogP contribution in [-0.4, -0.2) is 4.57 Å². The lowest BCUT2D eigenvalue weighted by atomic mass is 10.2. The van der Waals surface area contributed by atoms with Crippen LogP contribution in [0, 0.1) is 13.0 Å². The van der Waals surface area contributed by atoms with E-state index < -0.39 is 0 Å². The fourth-order valence-electron chi connectivity index (χ4n) is 1.69. The van der Waals surface area contributed by atoms with Crippen molar-refractivity contribution >= 4 is 10.9 Å². The van der Waals surface area contributed by atoms with Crippen LogP contribution in [-0.2, 0) is 6.54 Å². The average molecular weight is 158 g/mol. The van der Waals surface area contributed by atoms with E-state index in [4.69, 9.17) is 0 Å². The van der Waals surface area contributed by atoms with Gasteiger partial charge in [0.25, 0.3) is 0 Å². The zero-order valence-electron chi connectivity index (χ0n) is 7.46. The molecule has 0 saturated heterocycles. The molecule has 0 aliphatic rings. The first-order valence-electron chi connectivity index (χ1n) is 4.29. The van der Waals surface area contributed by atoms with Crippen LogP contribution < -0.4 is 0 Å². The lowest BCUT2D eigenvalue weighted by molar-refractivity contribution is 0.770. The van der Waals surface area contributed by atoms with Gasteiger partial charge in [0.05, 0.1) is 0 Å². The topological polar surface area (TPSA) is 4.93 Å². The van der Waals surface area contributed by atoms with Gasteiger partial charge in [-0.2, -0.15) is 0 Å². The molecule has 0 fully saturated rings. The number of fused-ring (bicyclic) bond motifs is 1. The summed E-state index contributed by atoms with van der Waals surface area (Å²) in [7, 11) is 0. The predicted octanol–water partition coefficient (Wildman–Crippen LogP) is 2.77. The molecule has 0 spiro atoms. The molecule has 0 saturated carbocycles. The first-order valence-corrected chi connectivity index (χ1v) is 4.29. The van der Waals surface area contributed by atoms with Crippen LogP contribution in [0.3, 0.4) is 0 Å². The third-order valence-electron chi connectivity index (χ3n) is 2.25. The van der Waals surface area contributed by atoms with Crippen molar-refractivity contribution in [3.05, 3.63) is 36.0 Å². The second-order valence-electron chi connectivity index (χ2n) is 3.00. The van der Waals surface area contributed by atoms with E-state index in [1.807, 2.05) is 12.1 Å². The van der Waals surface area contributed by atoms with Crippen LogP contribution in [0.4, 0.5) is 0 Å². The zero-order chi connectivity index (χ0) is 8.55. The maximum Gasteiger partial charge on any atom is 0.0488 e. The molecule has 12 heavy (non-hydrogen) atoms. The van der Waals surface area contributed by atoms with Gasteiger partial charge in [-0.15, -0.1) is 0 Å². The highest BCUT2D eigenvalue weighted by Gasteiger charge is 2.01. The summed E-state index contributed by atoms with van der Waals surface area (Å²) in [6.45, 7) is 5.34. The van der Waals surface area contributed by atoms with E-state index in [1.54, 1.807) is 0 Å². The molecule has 0 aliphatic heterocycles. The molecular weight excluding hydrogens is 146 g/mol. The van der Waals surface area contributed by atoms with Crippen molar-refractivity contribution in [2.45, 2.75) is 20.4 Å². The minimum atomic E-state index is 1.03. The highest BCUT2D eigenvalue weighted by molar-refractivity contribution is 5.80. The number of rotatable bonds is 1. The van der Waals surface area contributed by atoms with Gasteiger partial charge in [0, 0.05) is 23.1 Å². The molecule has 2 rings (SSSR count). The van der Waals surface area contributed by atoms with Crippen molar-refractivity contribution in [1.82, 2.24) is 4.57 Å². The number of hydrogen-bond donors (Lipinski definition) is 0. The molecule has 1 nitrogen and oxygen atoms in total. The van der Waals surface area contributed by atoms with Gasteiger partial charge in [0.2, 0.25) is 0 Å². The maximum absolute atomic E-state index is 3.23. The number of nitrogens with zero attached hydrogens (tertiary/aromatic N) is 1. The van der Waals surface area contributed by atoms with Crippen molar-refractivity contribution in [2.24, 2.45) is 0 Å². The Hall–Kier alpha value is -1.24. The molecule has 61 valence electrons. The van der Waals surface area contributed by atoms with E-state index in [1.165, 1.54) is 16.6 Å². The minimum Gasteiger partial charge on any atom is -0.345 e. The highest BCUT2D eigenvalue weighted by atomic mass is 15.0. The summed E-state index contributed by atoms with van der Waals surface area (Å²) in [5.41, 5.74) is 2.60. The first-order chi connectivity index (χ1) is 5.83. The van der Waals surface area contributed by atoms with Crippen molar-refractivity contribution in [2.75, 3.05) is 0 Å². The fourth-order valence-corrected chi connectivity index (χ4v) is 1.69. The van der Waals surface area contributed by atoms with Gasteiger partial charge in [0.1, 0.15) is 0 Å². The molecule has 1 aromatic heterocycles. The maximum atomic E-state index is 3.23. The SMILES string of the molecule is CCn1c(C)cc2[c]cccc21. The van der Waals surface area contributed by atoms with E-state index in [9.17, 15) is 0 Å². The zero-order valence-corrected chi connectivity index (χ0v) is 7.46. The molecule has 1 radical (unpaired) electrons. The summed E-state index contributed by atoms with van der Waals surface area (Å²) in [4.78, 5) is 0. The van der Waals surface area contributed by atoms with Crippen molar-refractivity contribution in [3.8, 4) is 0 Å². The molecule has 0 bridgehead atoms. The van der Waals surface area contributed by atoms with Gasteiger partial charge in [-0.25, -0.2) is 0 Å². The predicted molar refractivity (Wildman–Crippen MR) is 51.2 cm³/mol. The van der Waals surface area contributed by atoms with Gasteiger partial charge in [-0.1, -0.05) is 12.1 Å². The second-order valence-corrected chi connectivity index (χ2v) is 3.00. The molecule has 0 unspecified atom stereocenters. The third kappa shape index (κ3) is 0.934. The molecule has 0 N–H and O–H groups in total. The van der Waals surface area contributed by atoms with E-state index >= 15 is 0 Å². The Kier molecular flexibility index (Phi) is 1.65. The molecule has 1 heterocycles. The average Bonchev–Trinajstić information content (AvgIpc) is 2.40. The highest BCUT2D eigenvalue weighted by Crippen LogP contribution is 2.17. The molecular formula is C11H12N. The van der Waals surface area contributed by atoms with Gasteiger partial charge in [-0.05, 0) is 32.0 Å². The van der Waals surface area contributed by atoms with Crippen LogP contribution in [0.2, 0.25) is 0 Å². The summed E-state index contributed by atoms with van der Waals surface area (Å²) in [6, 6.07) is 11.5. The Morgan fingerprint density at radius 3 is 3.08 bits per heavy atom. The third-order valence-corrected chi connectivity index (χ3v) is 2.25. The van der Waals surface area contributed by atoms with Crippen molar-refractivity contribution in [1.29, 1.82) is 0 Å². The van der Waals surface area contributed by atoms with Crippen LogP contribution >= 0.6 is 0 Å². The van der Waals surface area contributed by atoms with Gasteiger partial charge < -0.3 is 4.57 Å². The fraction of sp³-hybridized carbons (Fsp3) is 0.273. The molecule has 1 aromatic carbocycles. The second kappa shape index (κ2) is 2.67. The quantitative estimate of drug-likeness (QED) is 0.601. The van der Waals surface area contributed by atoms with Crippen molar-refractivity contribution in [3.63, 3.8) is 0 Å². The Morgan fingerprint density at radius 1 is 1.50 bits per heavy atom. The Bertz CT molecular complexity index is 398. The van der Waals surface area contributed by atoms with E-state index in [0.717, 1.165) is 6.54 Å². The smallest absolute Gasteiger partial charge is 0.0488 e. The lowest BCUT2D eigenvalue weighted by Crippen LogP contribution is -1.94. The Labute approximate surface area is 72.6 Å². The normalized spacial score (nSPS) is 10.8. The monoisotopic (exact) mass is 158 g/mol. The molecule has 2 aromatic rings. The summed E-state index contributed by atoms with van der Waals surface area (Å²) < 4.78 is 2.30. The van der Waals surface area contributed by atoms with E-state index in [2.05, 4.69) is 36.6 Å². The Balaban J connectivity index is 2.81. The number of benzene rings is 1. The van der Waals surface area contributed by atoms with E-state index in [0.29, 0.717) is 0 Å². The Morgan fingerprint density at radius 2 is 2.33 bits per heavy atom. The van der Waals surface area contributed by atoms with Crippen LogP contribution in [0.5, 0.6) is 0 Å². The molecule has 1 heteroatoms. The number of aromatic nitrogens is 1. The van der Waals surface area contributed by atoms with Crippen molar-refractivity contribution < 1.29 is 0 Å². The minimum absolute atomic E-state index is 1.03. The largest absolute Gasteiger partial charge is 0.345 e. The van der Waals surface area contributed by atoms with Crippen LogP contribution in [0.15, 0.2) is 24.3 Å². The lowest BCUT2D eigenvalue weighted by Gasteiger charge is -2.02. The summed E-state index contributed by atoms with van der Waals surface area (Å²) in [5, 5.41) is 1.22. The number of aryl methyl sites for hydroxylation is 2. The summed E-state index contributed by atoms with van der Waals surface area (Å²) in [6.07, 6.45) is 0. The molecule has 0 atom stereocenters.